The lowest BCUT2D eigenvalue weighted by atomic mass is 9.71. The van der Waals surface area contributed by atoms with Crippen molar-refractivity contribution < 1.29 is 0 Å². The van der Waals surface area contributed by atoms with E-state index in [0.717, 1.165) is 12.3 Å². The van der Waals surface area contributed by atoms with Crippen LogP contribution >= 0.6 is 12.6 Å². The Hall–Kier alpha value is 0.350. The second-order valence-corrected chi connectivity index (χ2v) is 6.79. The maximum absolute atomic E-state index is 4.74. The van der Waals surface area contributed by atoms with Gasteiger partial charge in [0.15, 0.2) is 0 Å². The predicted octanol–water partition coefficient (Wildman–Crippen LogP) is 4.94. The zero-order chi connectivity index (χ0) is 11.4. The third kappa shape index (κ3) is 4.72. The molecule has 0 aromatic carbocycles. The van der Waals surface area contributed by atoms with E-state index in [1.807, 2.05) is 0 Å². The summed E-state index contributed by atoms with van der Waals surface area (Å²) in [6, 6.07) is 0. The van der Waals surface area contributed by atoms with Crippen molar-refractivity contribution in [3.8, 4) is 0 Å². The number of thiol groups is 1. The molecular weight excluding hydrogens is 188 g/mol. The third-order valence-corrected chi connectivity index (χ3v) is 4.13. The van der Waals surface area contributed by atoms with Gasteiger partial charge in [0.05, 0.1) is 0 Å². The highest BCUT2D eigenvalue weighted by atomic mass is 32.1. The lowest BCUT2D eigenvalue weighted by molar-refractivity contribution is 0.178. The van der Waals surface area contributed by atoms with Gasteiger partial charge in [0.25, 0.3) is 0 Å². The highest BCUT2D eigenvalue weighted by Gasteiger charge is 2.32. The average Bonchev–Trinajstić information content (AvgIpc) is 2.03. The molecule has 0 rings (SSSR count). The van der Waals surface area contributed by atoms with Gasteiger partial charge in [-0.2, -0.15) is 12.6 Å². The van der Waals surface area contributed by atoms with Gasteiger partial charge < -0.3 is 0 Å². The van der Waals surface area contributed by atoms with Crippen molar-refractivity contribution in [1.29, 1.82) is 0 Å². The van der Waals surface area contributed by atoms with E-state index < -0.39 is 0 Å². The van der Waals surface area contributed by atoms with E-state index in [-0.39, 0.29) is 4.75 Å². The highest BCUT2D eigenvalue weighted by Crippen LogP contribution is 2.41. The molecule has 86 valence electrons. The van der Waals surface area contributed by atoms with Crippen LogP contribution in [0.5, 0.6) is 0 Å². The van der Waals surface area contributed by atoms with Gasteiger partial charge in [-0.1, -0.05) is 54.4 Å². The fraction of sp³-hybridized carbons (Fsp3) is 1.00. The topological polar surface area (TPSA) is 0 Å². The summed E-state index contributed by atoms with van der Waals surface area (Å²) in [5.41, 5.74) is 0.419. The monoisotopic (exact) mass is 216 g/mol. The summed E-state index contributed by atoms with van der Waals surface area (Å²) in [7, 11) is 0. The minimum Gasteiger partial charge on any atom is -0.173 e. The summed E-state index contributed by atoms with van der Waals surface area (Å²) >= 11 is 4.74. The fourth-order valence-corrected chi connectivity index (χ4v) is 2.51. The van der Waals surface area contributed by atoms with Gasteiger partial charge in [-0.15, -0.1) is 0 Å². The highest BCUT2D eigenvalue weighted by molar-refractivity contribution is 7.81. The van der Waals surface area contributed by atoms with Crippen LogP contribution in [0, 0.1) is 11.3 Å². The SMILES string of the molecule is CCCC(C)C(C)(C)CC(C)(S)CC. The van der Waals surface area contributed by atoms with Gasteiger partial charge in [0, 0.05) is 4.75 Å². The van der Waals surface area contributed by atoms with E-state index in [1.165, 1.54) is 19.3 Å². The molecule has 2 atom stereocenters. The summed E-state index contributed by atoms with van der Waals surface area (Å²) in [6.07, 6.45) is 4.99. The molecule has 0 amide bonds. The summed E-state index contributed by atoms with van der Waals surface area (Å²) in [5.74, 6) is 0.797. The lowest BCUT2D eigenvalue weighted by Gasteiger charge is -2.38. The third-order valence-electron chi connectivity index (χ3n) is 3.65. The second-order valence-electron chi connectivity index (χ2n) is 5.71. The van der Waals surface area contributed by atoms with E-state index in [2.05, 4.69) is 41.5 Å². The first kappa shape index (κ1) is 14.3. The molecule has 1 heteroatoms. The zero-order valence-corrected chi connectivity index (χ0v) is 11.7. The Labute approximate surface area is 96.3 Å². The van der Waals surface area contributed by atoms with E-state index in [0.29, 0.717) is 5.41 Å². The van der Waals surface area contributed by atoms with Crippen molar-refractivity contribution in [1.82, 2.24) is 0 Å². The molecule has 0 fully saturated rings. The van der Waals surface area contributed by atoms with Gasteiger partial charge in [-0.25, -0.2) is 0 Å². The molecule has 0 spiro atoms. The number of hydrogen-bond acceptors (Lipinski definition) is 1. The average molecular weight is 216 g/mol. The molecule has 2 unspecified atom stereocenters. The van der Waals surface area contributed by atoms with Gasteiger partial charge in [0.2, 0.25) is 0 Å². The van der Waals surface area contributed by atoms with Crippen molar-refractivity contribution in [2.75, 3.05) is 0 Å². The molecule has 0 bridgehead atoms. The minimum atomic E-state index is 0.200. The Kier molecular flexibility index (Phi) is 5.57. The van der Waals surface area contributed by atoms with Crippen LogP contribution in [-0.4, -0.2) is 4.75 Å². The molecule has 0 aliphatic carbocycles. The van der Waals surface area contributed by atoms with Crippen LogP contribution in [-0.2, 0) is 0 Å². The summed E-state index contributed by atoms with van der Waals surface area (Å²) < 4.78 is 0.200. The molecule has 0 nitrogen and oxygen atoms in total. The van der Waals surface area contributed by atoms with Crippen LogP contribution < -0.4 is 0 Å². The minimum absolute atomic E-state index is 0.200. The first-order valence-corrected chi connectivity index (χ1v) is 6.42. The van der Waals surface area contributed by atoms with Crippen LogP contribution in [0.3, 0.4) is 0 Å². The van der Waals surface area contributed by atoms with Crippen LogP contribution in [0.2, 0.25) is 0 Å². The maximum Gasteiger partial charge on any atom is 0.0104 e. The summed E-state index contributed by atoms with van der Waals surface area (Å²) in [5, 5.41) is 0. The van der Waals surface area contributed by atoms with Gasteiger partial charge in [0.1, 0.15) is 0 Å². The Balaban J connectivity index is 4.31. The zero-order valence-electron chi connectivity index (χ0n) is 10.9. The quantitative estimate of drug-likeness (QED) is 0.598. The Bertz CT molecular complexity index is 159. The van der Waals surface area contributed by atoms with Gasteiger partial charge in [-0.05, 0) is 24.2 Å². The number of rotatable bonds is 6. The molecule has 0 radical (unpaired) electrons. The molecule has 0 saturated heterocycles. The molecule has 0 aliphatic heterocycles. The second kappa shape index (κ2) is 5.44. The molecule has 0 heterocycles. The molecule has 0 aromatic rings. The van der Waals surface area contributed by atoms with Crippen molar-refractivity contribution in [2.45, 2.75) is 72.0 Å². The Morgan fingerprint density at radius 3 is 2.00 bits per heavy atom. The molecule has 0 aromatic heterocycles. The predicted molar refractivity (Wildman–Crippen MR) is 70.2 cm³/mol. The summed E-state index contributed by atoms with van der Waals surface area (Å²) in [6.45, 7) is 13.9. The molecule has 0 N–H and O–H groups in total. The smallest absolute Gasteiger partial charge is 0.0104 e. The molecular formula is C13H28S. The van der Waals surface area contributed by atoms with Crippen molar-refractivity contribution >= 4 is 12.6 Å². The fourth-order valence-electron chi connectivity index (χ4n) is 2.10. The van der Waals surface area contributed by atoms with E-state index in [1.54, 1.807) is 0 Å². The molecule has 0 saturated carbocycles. The largest absolute Gasteiger partial charge is 0.173 e. The van der Waals surface area contributed by atoms with E-state index >= 15 is 0 Å². The first-order chi connectivity index (χ1) is 6.25. The first-order valence-electron chi connectivity index (χ1n) is 5.97. The van der Waals surface area contributed by atoms with Crippen LogP contribution in [0.25, 0.3) is 0 Å². The van der Waals surface area contributed by atoms with E-state index in [4.69, 9.17) is 12.6 Å². The van der Waals surface area contributed by atoms with Crippen molar-refractivity contribution in [3.63, 3.8) is 0 Å². The van der Waals surface area contributed by atoms with Crippen molar-refractivity contribution in [2.24, 2.45) is 11.3 Å². The van der Waals surface area contributed by atoms with Gasteiger partial charge >= 0.3 is 0 Å². The Morgan fingerprint density at radius 2 is 1.64 bits per heavy atom. The molecule has 14 heavy (non-hydrogen) atoms. The number of hydrogen-bond donors (Lipinski definition) is 1. The van der Waals surface area contributed by atoms with Crippen LogP contribution in [0.15, 0.2) is 0 Å². The molecule has 0 aliphatic rings. The lowest BCUT2D eigenvalue weighted by Crippen LogP contribution is -2.31. The van der Waals surface area contributed by atoms with E-state index in [9.17, 15) is 0 Å². The summed E-state index contributed by atoms with van der Waals surface area (Å²) in [4.78, 5) is 0. The van der Waals surface area contributed by atoms with Crippen LogP contribution in [0.1, 0.15) is 67.2 Å². The maximum atomic E-state index is 4.74. The van der Waals surface area contributed by atoms with Crippen LogP contribution in [0.4, 0.5) is 0 Å². The van der Waals surface area contributed by atoms with Gasteiger partial charge in [-0.3, -0.25) is 0 Å². The normalized spacial score (nSPS) is 19.1. The standard InChI is InChI=1S/C13H28S/c1-7-9-11(3)12(4,5)10-13(6,14)8-2/h11,14H,7-10H2,1-6H3. The Morgan fingerprint density at radius 1 is 1.14 bits per heavy atom. The van der Waals surface area contributed by atoms with Crippen molar-refractivity contribution in [3.05, 3.63) is 0 Å².